The molecule has 4 nitrogen and oxygen atoms in total. The maximum Gasteiger partial charge on any atom is 0.293 e. The molecule has 0 aliphatic rings. The van der Waals surface area contributed by atoms with Gasteiger partial charge in [0.15, 0.2) is 0 Å². The van der Waals surface area contributed by atoms with E-state index in [0.29, 0.717) is 5.89 Å². The molecule has 0 atom stereocenters. The summed E-state index contributed by atoms with van der Waals surface area (Å²) in [6, 6.07) is 3.54. The first-order valence-corrected chi connectivity index (χ1v) is 3.60. The van der Waals surface area contributed by atoms with Gasteiger partial charge in [-0.25, -0.2) is 0 Å². The summed E-state index contributed by atoms with van der Waals surface area (Å²) in [5, 5.41) is 7.41. The molecule has 0 saturated heterocycles. The molecular weight excluding hydrogens is 166 g/mol. The predicted molar refractivity (Wildman–Crippen MR) is 45.5 cm³/mol. The van der Waals surface area contributed by atoms with Crippen molar-refractivity contribution < 1.29 is 4.42 Å². The molecule has 0 unspecified atom stereocenters. The van der Waals surface area contributed by atoms with Crippen LogP contribution >= 0.6 is 0 Å². The summed E-state index contributed by atoms with van der Waals surface area (Å²) in [7, 11) is 0. The Kier molecular flexibility index (Phi) is 1.77. The molecule has 0 aromatic carbocycles. The Morgan fingerprint density at radius 3 is 2.62 bits per heavy atom. The molecule has 2 rings (SSSR count). The average molecular weight is 171 g/mol. The summed E-state index contributed by atoms with van der Waals surface area (Å²) in [4.78, 5) is 3.87. The number of nitrogens with zero attached hydrogens (tertiary/aromatic N) is 3. The van der Waals surface area contributed by atoms with Crippen molar-refractivity contribution in [1.82, 2.24) is 15.2 Å². The van der Waals surface area contributed by atoms with Crippen LogP contribution in [0.3, 0.4) is 0 Å². The van der Waals surface area contributed by atoms with Crippen LogP contribution in [0.1, 0.15) is 5.89 Å². The molecule has 2 aromatic heterocycles. The minimum absolute atomic E-state index is 0.187. The van der Waals surface area contributed by atoms with Gasteiger partial charge < -0.3 is 4.42 Å². The minimum atomic E-state index is 0.187. The fraction of sp³-hybridized carbons (Fsp3) is 0. The molecule has 0 fully saturated rings. The Bertz CT molecular complexity index is 441. The van der Waals surface area contributed by atoms with Gasteiger partial charge in [-0.3, -0.25) is 4.98 Å². The molecule has 0 bridgehead atoms. The summed E-state index contributed by atoms with van der Waals surface area (Å²) >= 11 is 0. The fourth-order valence-electron chi connectivity index (χ4n) is 0.893. The highest BCUT2D eigenvalue weighted by atomic mass is 16.4. The maximum atomic E-state index is 5.13. The van der Waals surface area contributed by atoms with Crippen molar-refractivity contribution >= 4 is 0 Å². The van der Waals surface area contributed by atoms with Crippen molar-refractivity contribution in [2.45, 2.75) is 0 Å². The number of rotatable bonds is 1. The second-order valence-corrected chi connectivity index (χ2v) is 2.29. The summed E-state index contributed by atoms with van der Waals surface area (Å²) in [5.41, 5.74) is 0.809. The van der Waals surface area contributed by atoms with E-state index in [1.807, 2.05) is 0 Å². The Labute approximate surface area is 74.6 Å². The lowest BCUT2D eigenvalue weighted by molar-refractivity contribution is 0.555. The molecule has 0 saturated carbocycles. The molecule has 13 heavy (non-hydrogen) atoms. The van der Waals surface area contributed by atoms with Gasteiger partial charge in [-0.2, -0.15) is 0 Å². The van der Waals surface area contributed by atoms with E-state index in [9.17, 15) is 0 Å². The Balaban J connectivity index is 2.43. The van der Waals surface area contributed by atoms with E-state index in [0.717, 1.165) is 5.56 Å². The van der Waals surface area contributed by atoms with Gasteiger partial charge in [0.05, 0.1) is 0 Å². The zero-order chi connectivity index (χ0) is 9.10. The van der Waals surface area contributed by atoms with E-state index in [4.69, 9.17) is 10.8 Å². The van der Waals surface area contributed by atoms with Crippen LogP contribution in [0.5, 0.6) is 0 Å². The minimum Gasteiger partial charge on any atom is -0.410 e. The third-order valence-electron chi connectivity index (χ3n) is 1.48. The molecule has 0 aliphatic carbocycles. The van der Waals surface area contributed by atoms with E-state index in [2.05, 4.69) is 21.1 Å². The monoisotopic (exact) mass is 171 g/mol. The van der Waals surface area contributed by atoms with Gasteiger partial charge in [0.2, 0.25) is 5.89 Å². The van der Waals surface area contributed by atoms with Gasteiger partial charge in [0, 0.05) is 18.0 Å². The molecule has 0 spiro atoms. The van der Waals surface area contributed by atoms with E-state index in [-0.39, 0.29) is 5.89 Å². The Morgan fingerprint density at radius 1 is 1.23 bits per heavy atom. The van der Waals surface area contributed by atoms with Gasteiger partial charge in [0.1, 0.15) is 0 Å². The van der Waals surface area contributed by atoms with Gasteiger partial charge in [-0.05, 0) is 18.1 Å². The van der Waals surface area contributed by atoms with Crippen molar-refractivity contribution in [3.63, 3.8) is 0 Å². The first-order valence-electron chi connectivity index (χ1n) is 3.60. The van der Waals surface area contributed by atoms with Crippen molar-refractivity contribution in [3.05, 3.63) is 30.4 Å². The number of aromatic nitrogens is 3. The topological polar surface area (TPSA) is 51.8 Å². The second kappa shape index (κ2) is 3.07. The highest BCUT2D eigenvalue weighted by molar-refractivity contribution is 5.51. The van der Waals surface area contributed by atoms with Crippen LogP contribution in [0.25, 0.3) is 11.5 Å². The van der Waals surface area contributed by atoms with E-state index in [1.165, 1.54) is 0 Å². The lowest BCUT2D eigenvalue weighted by Gasteiger charge is -1.89. The van der Waals surface area contributed by atoms with Crippen molar-refractivity contribution in [3.8, 4) is 23.8 Å². The van der Waals surface area contributed by atoms with Crippen LogP contribution in [0.4, 0.5) is 0 Å². The Morgan fingerprint density at radius 2 is 2.00 bits per heavy atom. The quantitative estimate of drug-likeness (QED) is 0.603. The van der Waals surface area contributed by atoms with Crippen LogP contribution in [-0.4, -0.2) is 15.2 Å². The van der Waals surface area contributed by atoms with E-state index < -0.39 is 0 Å². The molecule has 2 aromatic rings. The molecule has 0 amide bonds. The summed E-state index contributed by atoms with van der Waals surface area (Å²) in [5.74, 6) is 2.86. The highest BCUT2D eigenvalue weighted by Crippen LogP contribution is 2.15. The van der Waals surface area contributed by atoms with Crippen LogP contribution in [0.2, 0.25) is 0 Å². The van der Waals surface area contributed by atoms with Crippen LogP contribution in [0.15, 0.2) is 28.9 Å². The first-order chi connectivity index (χ1) is 6.40. The van der Waals surface area contributed by atoms with Gasteiger partial charge >= 0.3 is 0 Å². The van der Waals surface area contributed by atoms with E-state index in [1.54, 1.807) is 24.5 Å². The molecule has 0 radical (unpaired) electrons. The normalized spacial score (nSPS) is 9.46. The number of hydrogen-bond donors (Lipinski definition) is 0. The number of pyridine rings is 1. The third kappa shape index (κ3) is 1.40. The molecule has 4 heteroatoms. The number of hydrogen-bond acceptors (Lipinski definition) is 4. The SMILES string of the molecule is C#Cc1nnc(-c2ccncc2)o1. The highest BCUT2D eigenvalue weighted by Gasteiger charge is 2.04. The second-order valence-electron chi connectivity index (χ2n) is 2.29. The zero-order valence-electron chi connectivity index (χ0n) is 6.64. The fourth-order valence-corrected chi connectivity index (χ4v) is 0.893. The molecular formula is C9H5N3O. The van der Waals surface area contributed by atoms with Crippen LogP contribution < -0.4 is 0 Å². The summed E-state index contributed by atoms with van der Waals surface area (Å²) < 4.78 is 5.13. The zero-order valence-corrected chi connectivity index (χ0v) is 6.64. The van der Waals surface area contributed by atoms with Gasteiger partial charge in [0.25, 0.3) is 5.89 Å². The molecule has 2 heterocycles. The van der Waals surface area contributed by atoms with Crippen molar-refractivity contribution in [2.75, 3.05) is 0 Å². The van der Waals surface area contributed by atoms with Crippen molar-refractivity contribution in [1.29, 1.82) is 0 Å². The average Bonchev–Trinajstić information content (AvgIpc) is 2.67. The predicted octanol–water partition coefficient (Wildman–Crippen LogP) is 1.11. The standard InChI is InChI=1S/C9H5N3O/c1-2-8-11-12-9(13-8)7-3-5-10-6-4-7/h1,3-6H. The maximum absolute atomic E-state index is 5.13. The summed E-state index contributed by atoms with van der Waals surface area (Å²) in [6.07, 6.45) is 8.38. The summed E-state index contributed by atoms with van der Waals surface area (Å²) in [6.45, 7) is 0. The first kappa shape index (κ1) is 7.50. The van der Waals surface area contributed by atoms with Crippen LogP contribution in [0, 0.1) is 12.3 Å². The van der Waals surface area contributed by atoms with Crippen molar-refractivity contribution in [2.24, 2.45) is 0 Å². The third-order valence-corrected chi connectivity index (χ3v) is 1.48. The molecule has 0 aliphatic heterocycles. The molecule has 62 valence electrons. The smallest absolute Gasteiger partial charge is 0.293 e. The Hall–Kier alpha value is -2.15. The largest absolute Gasteiger partial charge is 0.410 e. The van der Waals surface area contributed by atoms with Gasteiger partial charge in [-0.1, -0.05) is 5.10 Å². The van der Waals surface area contributed by atoms with Gasteiger partial charge in [-0.15, -0.1) is 11.5 Å². The lowest BCUT2D eigenvalue weighted by atomic mass is 10.3. The number of terminal acetylenes is 1. The molecule has 0 N–H and O–H groups in total. The van der Waals surface area contributed by atoms with E-state index >= 15 is 0 Å². The van der Waals surface area contributed by atoms with Crippen LogP contribution in [-0.2, 0) is 0 Å². The lowest BCUT2D eigenvalue weighted by Crippen LogP contribution is -1.77.